The fourth-order valence-corrected chi connectivity index (χ4v) is 4.51. The molecule has 2 amide bonds. The van der Waals surface area contributed by atoms with E-state index in [9.17, 15) is 9.59 Å². The molecule has 1 saturated carbocycles. The first kappa shape index (κ1) is 21.1. The van der Waals surface area contributed by atoms with Gasteiger partial charge in [-0.15, -0.1) is 0 Å². The van der Waals surface area contributed by atoms with E-state index in [0.717, 1.165) is 30.9 Å². The van der Waals surface area contributed by atoms with Gasteiger partial charge < -0.3 is 15.0 Å². The fraction of sp³-hybridized carbons (Fsp3) is 0.583. The number of carbonyl (C=O) groups is 2. The Morgan fingerprint density at radius 3 is 2.50 bits per heavy atom. The van der Waals surface area contributed by atoms with Crippen LogP contribution in [0, 0.1) is 5.92 Å². The van der Waals surface area contributed by atoms with Gasteiger partial charge in [-0.05, 0) is 43.2 Å². The molecule has 2 heterocycles. The molecule has 0 bridgehead atoms. The van der Waals surface area contributed by atoms with E-state index in [1.807, 2.05) is 41.3 Å². The lowest BCUT2D eigenvalue weighted by Crippen LogP contribution is -2.47. The number of ether oxygens (including phenoxy) is 1. The van der Waals surface area contributed by atoms with Crippen LogP contribution in [-0.4, -0.2) is 73.1 Å². The molecular weight excluding hydrogens is 378 g/mol. The van der Waals surface area contributed by atoms with E-state index in [-0.39, 0.29) is 11.8 Å². The molecule has 2 aliphatic heterocycles. The molecule has 1 aromatic rings. The second-order valence-electron chi connectivity index (χ2n) is 8.71. The highest BCUT2D eigenvalue weighted by atomic mass is 16.5. The van der Waals surface area contributed by atoms with E-state index in [4.69, 9.17) is 4.74 Å². The van der Waals surface area contributed by atoms with E-state index in [0.29, 0.717) is 51.4 Å². The zero-order chi connectivity index (χ0) is 20.8. The third-order valence-electron chi connectivity index (χ3n) is 6.45. The minimum absolute atomic E-state index is 0.0573. The predicted molar refractivity (Wildman–Crippen MR) is 117 cm³/mol. The number of carbonyl (C=O) groups excluding carboxylic acids is 2. The Labute approximate surface area is 179 Å². The maximum Gasteiger partial charge on any atom is 0.244 e. The van der Waals surface area contributed by atoms with Crippen LogP contribution in [-0.2, 0) is 14.3 Å². The number of nitrogens with one attached hydrogen (secondary N) is 1. The summed E-state index contributed by atoms with van der Waals surface area (Å²) < 4.78 is 5.37. The second-order valence-corrected chi connectivity index (χ2v) is 8.71. The van der Waals surface area contributed by atoms with Gasteiger partial charge in [0, 0.05) is 50.8 Å². The number of amides is 2. The lowest BCUT2D eigenvalue weighted by atomic mass is 10.1. The Morgan fingerprint density at radius 2 is 1.77 bits per heavy atom. The van der Waals surface area contributed by atoms with Crippen molar-refractivity contribution in [3.05, 3.63) is 42.0 Å². The lowest BCUT2D eigenvalue weighted by Gasteiger charge is -2.33. The van der Waals surface area contributed by atoms with E-state index in [1.165, 1.54) is 12.8 Å². The van der Waals surface area contributed by atoms with E-state index >= 15 is 0 Å². The Bertz CT molecular complexity index is 741. The first-order chi connectivity index (χ1) is 14.7. The highest BCUT2D eigenvalue weighted by molar-refractivity contribution is 5.91. The van der Waals surface area contributed by atoms with Gasteiger partial charge in [-0.3, -0.25) is 14.5 Å². The summed E-state index contributed by atoms with van der Waals surface area (Å²) in [6.45, 7) is 4.41. The van der Waals surface area contributed by atoms with Crippen LogP contribution in [0.5, 0.6) is 0 Å². The van der Waals surface area contributed by atoms with E-state index in [1.54, 1.807) is 6.08 Å². The monoisotopic (exact) mass is 411 g/mol. The van der Waals surface area contributed by atoms with E-state index in [2.05, 4.69) is 10.2 Å². The molecule has 3 fully saturated rings. The van der Waals surface area contributed by atoms with Crippen molar-refractivity contribution in [3.8, 4) is 0 Å². The number of rotatable bonds is 8. The van der Waals surface area contributed by atoms with Gasteiger partial charge in [0.25, 0.3) is 0 Å². The minimum atomic E-state index is -0.0573. The zero-order valence-corrected chi connectivity index (χ0v) is 17.7. The van der Waals surface area contributed by atoms with Crippen LogP contribution in [0.4, 0.5) is 0 Å². The zero-order valence-electron chi connectivity index (χ0n) is 17.7. The standard InChI is InChI=1S/C24H33N3O3/c28-23(11-8-19-4-2-1-3-5-19)25-17-22-10-9-21(27(22)18-20-6-7-20)16-24(29)26-12-14-30-15-13-26/h1-5,8,11,20-22H,6-7,9-10,12-18H2,(H,25,28)/b11-8+/t21-,22+/m1/s1. The summed E-state index contributed by atoms with van der Waals surface area (Å²) in [6.07, 6.45) is 8.69. The smallest absolute Gasteiger partial charge is 0.244 e. The van der Waals surface area contributed by atoms with Gasteiger partial charge >= 0.3 is 0 Å². The molecule has 1 aromatic carbocycles. The van der Waals surface area contributed by atoms with Gasteiger partial charge in [-0.25, -0.2) is 0 Å². The molecule has 3 aliphatic rings. The Hall–Kier alpha value is -2.18. The predicted octanol–water partition coefficient (Wildman–Crippen LogP) is 2.31. The summed E-state index contributed by atoms with van der Waals surface area (Å²) in [5.74, 6) is 0.956. The van der Waals surface area contributed by atoms with Gasteiger partial charge in [0.2, 0.25) is 11.8 Å². The summed E-state index contributed by atoms with van der Waals surface area (Å²) >= 11 is 0. The van der Waals surface area contributed by atoms with Crippen molar-refractivity contribution < 1.29 is 14.3 Å². The molecule has 2 atom stereocenters. The van der Waals surface area contributed by atoms with Crippen molar-refractivity contribution in [1.82, 2.24) is 15.1 Å². The normalized spacial score (nSPS) is 25.0. The molecule has 0 spiro atoms. The van der Waals surface area contributed by atoms with Gasteiger partial charge in [0.1, 0.15) is 0 Å². The van der Waals surface area contributed by atoms with Crippen LogP contribution in [0.1, 0.15) is 37.7 Å². The molecule has 0 unspecified atom stereocenters. The van der Waals surface area contributed by atoms with Crippen LogP contribution in [0.25, 0.3) is 6.08 Å². The van der Waals surface area contributed by atoms with Crippen molar-refractivity contribution >= 4 is 17.9 Å². The van der Waals surface area contributed by atoms with Gasteiger partial charge in [-0.1, -0.05) is 30.3 Å². The maximum atomic E-state index is 12.8. The molecule has 0 aromatic heterocycles. The summed E-state index contributed by atoms with van der Waals surface area (Å²) in [5.41, 5.74) is 1.02. The number of benzene rings is 1. The molecule has 30 heavy (non-hydrogen) atoms. The Kier molecular flexibility index (Phi) is 7.18. The van der Waals surface area contributed by atoms with Crippen LogP contribution in [0.3, 0.4) is 0 Å². The number of hydrogen-bond acceptors (Lipinski definition) is 4. The minimum Gasteiger partial charge on any atom is -0.378 e. The molecule has 6 nitrogen and oxygen atoms in total. The van der Waals surface area contributed by atoms with Crippen molar-refractivity contribution in [2.45, 2.75) is 44.2 Å². The number of morpholine rings is 1. The third kappa shape index (κ3) is 5.92. The molecule has 0 radical (unpaired) electrons. The molecular formula is C24H33N3O3. The summed E-state index contributed by atoms with van der Waals surface area (Å²) in [4.78, 5) is 29.5. The van der Waals surface area contributed by atoms with Crippen LogP contribution < -0.4 is 5.32 Å². The van der Waals surface area contributed by atoms with Gasteiger partial charge in [0.05, 0.1) is 13.2 Å². The molecule has 162 valence electrons. The van der Waals surface area contributed by atoms with Gasteiger partial charge in [-0.2, -0.15) is 0 Å². The highest BCUT2D eigenvalue weighted by Gasteiger charge is 2.38. The van der Waals surface area contributed by atoms with Crippen molar-refractivity contribution in [2.75, 3.05) is 39.4 Å². The Balaban J connectivity index is 1.29. The number of nitrogens with zero attached hydrogens (tertiary/aromatic N) is 2. The van der Waals surface area contributed by atoms with Gasteiger partial charge in [0.15, 0.2) is 0 Å². The topological polar surface area (TPSA) is 61.9 Å². The van der Waals surface area contributed by atoms with Crippen LogP contribution in [0.15, 0.2) is 36.4 Å². The molecule has 1 N–H and O–H groups in total. The average Bonchev–Trinajstić information content (AvgIpc) is 3.53. The summed E-state index contributed by atoms with van der Waals surface area (Å²) in [6, 6.07) is 10.5. The first-order valence-corrected chi connectivity index (χ1v) is 11.3. The van der Waals surface area contributed by atoms with Crippen LogP contribution >= 0.6 is 0 Å². The average molecular weight is 412 g/mol. The summed E-state index contributed by atoms with van der Waals surface area (Å²) in [5, 5.41) is 3.08. The summed E-state index contributed by atoms with van der Waals surface area (Å²) in [7, 11) is 0. The Morgan fingerprint density at radius 1 is 1.03 bits per heavy atom. The maximum absolute atomic E-state index is 12.8. The quantitative estimate of drug-likeness (QED) is 0.667. The van der Waals surface area contributed by atoms with E-state index < -0.39 is 0 Å². The molecule has 6 heteroatoms. The third-order valence-corrected chi connectivity index (χ3v) is 6.45. The molecule has 1 aliphatic carbocycles. The fourth-order valence-electron chi connectivity index (χ4n) is 4.51. The number of hydrogen-bond donors (Lipinski definition) is 1. The second kappa shape index (κ2) is 10.2. The highest BCUT2D eigenvalue weighted by Crippen LogP contribution is 2.35. The van der Waals surface area contributed by atoms with Crippen molar-refractivity contribution in [1.29, 1.82) is 0 Å². The molecule has 4 rings (SSSR count). The van der Waals surface area contributed by atoms with Crippen molar-refractivity contribution in [2.24, 2.45) is 5.92 Å². The number of likely N-dealkylation sites (tertiary alicyclic amines) is 1. The first-order valence-electron chi connectivity index (χ1n) is 11.3. The SMILES string of the molecule is O=C(/C=C/c1ccccc1)NC[C@@H]1CC[C@H](CC(=O)N2CCOCC2)N1CC1CC1. The lowest BCUT2D eigenvalue weighted by molar-refractivity contribution is -0.136. The molecule has 2 saturated heterocycles. The largest absolute Gasteiger partial charge is 0.378 e. The van der Waals surface area contributed by atoms with Crippen LogP contribution in [0.2, 0.25) is 0 Å². The van der Waals surface area contributed by atoms with Crippen molar-refractivity contribution in [3.63, 3.8) is 0 Å².